The van der Waals surface area contributed by atoms with Gasteiger partial charge in [-0.15, -0.1) is 0 Å². The van der Waals surface area contributed by atoms with Crippen molar-refractivity contribution < 1.29 is 9.53 Å². The maximum absolute atomic E-state index is 13.0. The molecule has 2 aliphatic rings. The van der Waals surface area contributed by atoms with Crippen LogP contribution in [0.5, 0.6) is 0 Å². The zero-order valence-electron chi connectivity index (χ0n) is 20.9. The maximum Gasteiger partial charge on any atom is 0.251 e. The Morgan fingerprint density at radius 2 is 1.70 bits per heavy atom. The topological polar surface area (TPSA) is 101 Å². The van der Waals surface area contributed by atoms with Gasteiger partial charge in [-0.3, -0.25) is 4.79 Å². The molecule has 0 aliphatic carbocycles. The van der Waals surface area contributed by atoms with E-state index in [1.165, 1.54) is 0 Å². The third kappa shape index (κ3) is 3.67. The van der Waals surface area contributed by atoms with Gasteiger partial charge in [0, 0.05) is 23.4 Å². The van der Waals surface area contributed by atoms with E-state index in [0.29, 0.717) is 23.5 Å². The minimum absolute atomic E-state index is 0.139. The number of nitrogens with zero attached hydrogens (tertiary/aromatic N) is 2. The summed E-state index contributed by atoms with van der Waals surface area (Å²) < 4.78 is 6.38. The highest BCUT2D eigenvalue weighted by molar-refractivity contribution is 5.94. The van der Waals surface area contributed by atoms with E-state index in [1.807, 2.05) is 63.2 Å². The quantitative estimate of drug-likeness (QED) is 0.392. The standard InChI is InChI=1S/C31H26N4O2/c1-16-5-4-6-21(14-32)28(16)19-7-9-22-24(12-19)29-23-10-8-20(13-25(23)30(22)37-29)31(36)34-15-26-17(2)11-27(33)35-18(26)3/h4-13,29-30H,15H2,1-3H3,(H2,33,35)(H,34,36). The maximum atomic E-state index is 13.0. The van der Waals surface area contributed by atoms with E-state index < -0.39 is 0 Å². The van der Waals surface area contributed by atoms with E-state index in [-0.39, 0.29) is 18.1 Å². The van der Waals surface area contributed by atoms with Crippen LogP contribution in [-0.2, 0) is 11.3 Å². The third-order valence-corrected chi connectivity index (χ3v) is 7.52. The first-order valence-corrected chi connectivity index (χ1v) is 12.3. The number of rotatable bonds is 4. The van der Waals surface area contributed by atoms with Crippen LogP contribution in [0.1, 0.15) is 72.8 Å². The lowest BCUT2D eigenvalue weighted by Crippen LogP contribution is -2.24. The predicted octanol–water partition coefficient (Wildman–Crippen LogP) is 5.58. The van der Waals surface area contributed by atoms with Crippen LogP contribution >= 0.6 is 0 Å². The average molecular weight is 487 g/mol. The van der Waals surface area contributed by atoms with E-state index in [0.717, 1.165) is 55.8 Å². The van der Waals surface area contributed by atoms with Gasteiger partial charge in [-0.1, -0.05) is 30.3 Å². The first-order valence-electron chi connectivity index (χ1n) is 12.3. The Bertz CT molecular complexity index is 1630. The van der Waals surface area contributed by atoms with Crippen LogP contribution in [0.25, 0.3) is 11.1 Å². The summed E-state index contributed by atoms with van der Waals surface area (Å²) in [5.74, 6) is 0.343. The molecule has 6 heteroatoms. The molecule has 2 unspecified atom stereocenters. The molecule has 2 aliphatic heterocycles. The normalized spacial score (nSPS) is 16.7. The van der Waals surface area contributed by atoms with Crippen LogP contribution in [0.4, 0.5) is 5.82 Å². The highest BCUT2D eigenvalue weighted by Gasteiger charge is 2.43. The lowest BCUT2D eigenvalue weighted by molar-refractivity contribution is 0.0857. The number of fused-ring (bicyclic) bond motifs is 8. The summed E-state index contributed by atoms with van der Waals surface area (Å²) in [6.07, 6.45) is -0.373. The molecule has 6 rings (SSSR count). The number of nitrogens with one attached hydrogen (secondary N) is 1. The summed E-state index contributed by atoms with van der Waals surface area (Å²) in [5, 5.41) is 12.7. The van der Waals surface area contributed by atoms with Gasteiger partial charge in [0.25, 0.3) is 5.91 Å². The molecule has 1 amide bonds. The molecule has 0 saturated carbocycles. The Morgan fingerprint density at radius 3 is 2.43 bits per heavy atom. The Hall–Kier alpha value is -4.47. The summed E-state index contributed by atoms with van der Waals surface area (Å²) in [6.45, 7) is 6.29. The number of aryl methyl sites for hydroxylation is 3. The van der Waals surface area contributed by atoms with Gasteiger partial charge in [0.1, 0.15) is 18.0 Å². The number of benzene rings is 3. The molecule has 3 heterocycles. The summed E-state index contributed by atoms with van der Waals surface area (Å²) in [4.78, 5) is 17.3. The molecular weight excluding hydrogens is 460 g/mol. The van der Waals surface area contributed by atoms with Gasteiger partial charge in [-0.05, 0) is 95.6 Å². The summed E-state index contributed by atoms with van der Waals surface area (Å²) in [5.41, 5.74) is 17.3. The molecule has 3 aromatic carbocycles. The molecule has 0 radical (unpaired) electrons. The summed E-state index contributed by atoms with van der Waals surface area (Å²) in [7, 11) is 0. The minimum atomic E-state index is -0.199. The zero-order valence-corrected chi connectivity index (χ0v) is 20.9. The number of ether oxygens (including phenoxy) is 1. The number of nitrogens with two attached hydrogens (primary N) is 1. The highest BCUT2D eigenvalue weighted by atomic mass is 16.5. The van der Waals surface area contributed by atoms with Gasteiger partial charge in [-0.25, -0.2) is 4.98 Å². The number of aromatic nitrogens is 1. The number of pyridine rings is 1. The molecular formula is C31H26N4O2. The van der Waals surface area contributed by atoms with Gasteiger partial charge in [-0.2, -0.15) is 5.26 Å². The van der Waals surface area contributed by atoms with Crippen molar-refractivity contribution in [3.8, 4) is 17.2 Å². The van der Waals surface area contributed by atoms with Crippen molar-refractivity contribution in [2.75, 3.05) is 5.73 Å². The summed E-state index contributed by atoms with van der Waals surface area (Å²) >= 11 is 0. The Morgan fingerprint density at radius 1 is 0.973 bits per heavy atom. The first kappa shape index (κ1) is 23.0. The molecule has 2 bridgehead atoms. The first-order chi connectivity index (χ1) is 17.9. The predicted molar refractivity (Wildman–Crippen MR) is 142 cm³/mol. The van der Waals surface area contributed by atoms with E-state index in [1.54, 1.807) is 0 Å². The second-order valence-electron chi connectivity index (χ2n) is 9.80. The smallest absolute Gasteiger partial charge is 0.251 e. The number of nitrogen functional groups attached to an aromatic ring is 1. The van der Waals surface area contributed by atoms with Crippen molar-refractivity contribution in [1.82, 2.24) is 10.3 Å². The van der Waals surface area contributed by atoms with Crippen molar-refractivity contribution >= 4 is 11.7 Å². The lowest BCUT2D eigenvalue weighted by Gasteiger charge is -2.18. The molecule has 37 heavy (non-hydrogen) atoms. The van der Waals surface area contributed by atoms with E-state index in [2.05, 4.69) is 34.6 Å². The van der Waals surface area contributed by atoms with E-state index in [4.69, 9.17) is 10.5 Å². The molecule has 4 aromatic rings. The van der Waals surface area contributed by atoms with Crippen molar-refractivity contribution in [3.05, 3.63) is 116 Å². The molecule has 3 N–H and O–H groups in total. The van der Waals surface area contributed by atoms with Gasteiger partial charge in [0.15, 0.2) is 0 Å². The van der Waals surface area contributed by atoms with Gasteiger partial charge < -0.3 is 15.8 Å². The van der Waals surface area contributed by atoms with Gasteiger partial charge in [0.2, 0.25) is 0 Å². The number of hydrogen-bond acceptors (Lipinski definition) is 5. The second-order valence-corrected chi connectivity index (χ2v) is 9.80. The van der Waals surface area contributed by atoms with Crippen molar-refractivity contribution in [3.63, 3.8) is 0 Å². The summed E-state index contributed by atoms with van der Waals surface area (Å²) in [6, 6.07) is 22.0. The van der Waals surface area contributed by atoms with Crippen molar-refractivity contribution in [2.45, 2.75) is 39.5 Å². The SMILES string of the molecule is Cc1cc(N)nc(C)c1CNC(=O)c1ccc2c(c1)C1OC2c2cc(-c3c(C)cccc3C#N)ccc21. The molecule has 0 fully saturated rings. The number of hydrogen-bond donors (Lipinski definition) is 2. The Labute approximate surface area is 215 Å². The van der Waals surface area contributed by atoms with Crippen molar-refractivity contribution in [1.29, 1.82) is 5.26 Å². The fraction of sp³-hybridized carbons (Fsp3) is 0.194. The van der Waals surface area contributed by atoms with Crippen LogP contribution < -0.4 is 11.1 Å². The third-order valence-electron chi connectivity index (χ3n) is 7.52. The zero-order chi connectivity index (χ0) is 25.8. The monoisotopic (exact) mass is 486 g/mol. The fourth-order valence-electron chi connectivity index (χ4n) is 5.71. The lowest BCUT2D eigenvalue weighted by atomic mass is 9.83. The van der Waals surface area contributed by atoms with Crippen molar-refractivity contribution in [2.24, 2.45) is 0 Å². The van der Waals surface area contributed by atoms with Crippen LogP contribution in [0.15, 0.2) is 60.7 Å². The van der Waals surface area contributed by atoms with E-state index >= 15 is 0 Å². The number of nitriles is 1. The Balaban J connectivity index is 1.27. The number of amides is 1. The van der Waals surface area contributed by atoms with Crippen LogP contribution in [0.2, 0.25) is 0 Å². The molecule has 1 aromatic heterocycles. The highest BCUT2D eigenvalue weighted by Crippen LogP contribution is 2.55. The second kappa shape index (κ2) is 8.58. The molecule has 182 valence electrons. The molecule has 0 spiro atoms. The van der Waals surface area contributed by atoms with Crippen LogP contribution in [0.3, 0.4) is 0 Å². The van der Waals surface area contributed by atoms with Gasteiger partial charge >= 0.3 is 0 Å². The minimum Gasteiger partial charge on any atom is -0.384 e. The Kier molecular flexibility index (Phi) is 5.32. The number of carbonyl (C=O) groups is 1. The molecule has 2 atom stereocenters. The van der Waals surface area contributed by atoms with Crippen LogP contribution in [-0.4, -0.2) is 10.9 Å². The molecule has 0 saturated heterocycles. The number of carbonyl (C=O) groups excluding carboxylic acids is 1. The number of anilines is 1. The largest absolute Gasteiger partial charge is 0.384 e. The molecule has 6 nitrogen and oxygen atoms in total. The van der Waals surface area contributed by atoms with Crippen LogP contribution in [0, 0.1) is 32.1 Å². The fourth-order valence-corrected chi connectivity index (χ4v) is 5.71. The van der Waals surface area contributed by atoms with Gasteiger partial charge in [0.05, 0.1) is 11.6 Å². The van der Waals surface area contributed by atoms with E-state index in [9.17, 15) is 10.1 Å². The average Bonchev–Trinajstić information content (AvgIpc) is 3.44.